The molecule has 7 nitrogen and oxygen atoms in total. The van der Waals surface area contributed by atoms with E-state index in [2.05, 4.69) is 10.3 Å². The van der Waals surface area contributed by atoms with Crippen molar-refractivity contribution in [3.63, 3.8) is 0 Å². The van der Waals surface area contributed by atoms with Crippen molar-refractivity contribution in [2.24, 2.45) is 0 Å². The van der Waals surface area contributed by atoms with Crippen molar-refractivity contribution >= 4 is 23.3 Å². The molecule has 0 aliphatic heterocycles. The van der Waals surface area contributed by atoms with Crippen molar-refractivity contribution in [3.8, 4) is 0 Å². The zero-order valence-electron chi connectivity index (χ0n) is 16.4. The number of carbonyl (C=O) groups excluding carboxylic acids is 2. The fourth-order valence-corrected chi connectivity index (χ4v) is 3.89. The molecule has 1 fully saturated rings. The van der Waals surface area contributed by atoms with E-state index in [0.717, 1.165) is 24.3 Å². The first kappa shape index (κ1) is 21.6. The Labute approximate surface area is 165 Å². The first-order valence-electron chi connectivity index (χ1n) is 9.88. The molecule has 1 heterocycles. The van der Waals surface area contributed by atoms with Crippen LogP contribution >= 0.6 is 11.3 Å². The van der Waals surface area contributed by atoms with Crippen molar-refractivity contribution in [1.29, 1.82) is 0 Å². The monoisotopic (exact) mass is 397 g/mol. The van der Waals surface area contributed by atoms with E-state index in [1.165, 1.54) is 30.6 Å². The normalized spacial score (nSPS) is 14.7. The van der Waals surface area contributed by atoms with E-state index in [-0.39, 0.29) is 12.1 Å². The van der Waals surface area contributed by atoms with Crippen LogP contribution in [-0.4, -0.2) is 54.3 Å². The lowest BCUT2D eigenvalue weighted by Gasteiger charge is -2.28. The predicted molar refractivity (Wildman–Crippen MR) is 105 cm³/mol. The zero-order chi connectivity index (χ0) is 19.5. The number of carbonyl (C=O) groups is 2. The maximum absolute atomic E-state index is 12.8. The minimum atomic E-state index is -0.422. The van der Waals surface area contributed by atoms with Crippen LogP contribution in [-0.2, 0) is 16.0 Å². The average Bonchev–Trinajstić information content (AvgIpc) is 3.14. The number of amides is 2. The summed E-state index contributed by atoms with van der Waals surface area (Å²) < 4.78 is 10.4. The molecule has 0 atom stereocenters. The number of thiazole rings is 1. The van der Waals surface area contributed by atoms with Crippen LogP contribution in [0.5, 0.6) is 0 Å². The van der Waals surface area contributed by atoms with Gasteiger partial charge < -0.3 is 19.7 Å². The molecule has 0 radical (unpaired) electrons. The molecule has 1 aromatic heterocycles. The quantitative estimate of drug-likeness (QED) is 0.482. The summed E-state index contributed by atoms with van der Waals surface area (Å²) in [5, 5.41) is 5.58. The van der Waals surface area contributed by atoms with Gasteiger partial charge in [-0.05, 0) is 33.1 Å². The van der Waals surface area contributed by atoms with Gasteiger partial charge >= 0.3 is 12.0 Å². The molecule has 1 aliphatic rings. The van der Waals surface area contributed by atoms with Crippen LogP contribution in [0, 0.1) is 0 Å². The SMILES string of the molecule is CCOCCCN(Cc1nc(C(=O)OCC)cs1)C(=O)NC1CCCCC1. The molecule has 8 heteroatoms. The van der Waals surface area contributed by atoms with Gasteiger partial charge in [0.15, 0.2) is 5.69 Å². The molecule has 0 unspecified atom stereocenters. The van der Waals surface area contributed by atoms with Crippen molar-refractivity contribution in [3.05, 3.63) is 16.1 Å². The Kier molecular flexibility index (Phi) is 9.55. The molecule has 1 aromatic rings. The second-order valence-electron chi connectivity index (χ2n) is 6.60. The number of nitrogens with one attached hydrogen (secondary N) is 1. The molecule has 0 spiro atoms. The third-order valence-electron chi connectivity index (χ3n) is 4.50. The summed E-state index contributed by atoms with van der Waals surface area (Å²) in [5.74, 6) is -0.422. The Bertz CT molecular complexity index is 587. The molecule has 27 heavy (non-hydrogen) atoms. The van der Waals surface area contributed by atoms with Crippen molar-refractivity contribution in [1.82, 2.24) is 15.2 Å². The molecule has 1 saturated carbocycles. The number of ether oxygens (including phenoxy) is 2. The van der Waals surface area contributed by atoms with Gasteiger partial charge in [0.05, 0.1) is 13.2 Å². The minimum Gasteiger partial charge on any atom is -0.461 e. The van der Waals surface area contributed by atoms with Gasteiger partial charge in [-0.1, -0.05) is 19.3 Å². The van der Waals surface area contributed by atoms with E-state index in [9.17, 15) is 9.59 Å². The summed E-state index contributed by atoms with van der Waals surface area (Å²) >= 11 is 1.37. The standard InChI is InChI=1S/C19H31N3O4S/c1-3-25-12-8-11-22(19(24)20-15-9-6-5-7-10-15)13-17-21-16(14-27-17)18(23)26-4-2/h14-15H,3-13H2,1-2H3,(H,20,24). The van der Waals surface area contributed by atoms with E-state index < -0.39 is 5.97 Å². The van der Waals surface area contributed by atoms with Crippen molar-refractivity contribution in [2.45, 2.75) is 65.0 Å². The minimum absolute atomic E-state index is 0.0636. The van der Waals surface area contributed by atoms with Gasteiger partial charge in [0.1, 0.15) is 5.01 Å². The molecular formula is C19H31N3O4S. The van der Waals surface area contributed by atoms with Gasteiger partial charge in [-0.15, -0.1) is 11.3 Å². The molecule has 2 amide bonds. The molecule has 0 saturated heterocycles. The molecule has 0 aromatic carbocycles. The first-order chi connectivity index (χ1) is 13.1. The van der Waals surface area contributed by atoms with E-state index in [1.807, 2.05) is 6.92 Å². The van der Waals surface area contributed by atoms with E-state index in [0.29, 0.717) is 38.6 Å². The van der Waals surface area contributed by atoms with E-state index in [1.54, 1.807) is 17.2 Å². The van der Waals surface area contributed by atoms with Crippen LogP contribution in [0.25, 0.3) is 0 Å². The smallest absolute Gasteiger partial charge is 0.357 e. The highest BCUT2D eigenvalue weighted by molar-refractivity contribution is 7.09. The Morgan fingerprint density at radius 1 is 1.26 bits per heavy atom. The zero-order valence-corrected chi connectivity index (χ0v) is 17.2. The van der Waals surface area contributed by atoms with Gasteiger partial charge in [0, 0.05) is 31.2 Å². The number of rotatable bonds is 10. The van der Waals surface area contributed by atoms with Crippen molar-refractivity contribution in [2.75, 3.05) is 26.4 Å². The summed E-state index contributed by atoms with van der Waals surface area (Å²) in [4.78, 5) is 30.7. The fraction of sp³-hybridized carbons (Fsp3) is 0.737. The third kappa shape index (κ3) is 7.46. The summed E-state index contributed by atoms with van der Waals surface area (Å²) in [6, 6.07) is 0.193. The molecule has 2 rings (SSSR count). The summed E-state index contributed by atoms with van der Waals surface area (Å²) in [5.41, 5.74) is 0.304. The lowest BCUT2D eigenvalue weighted by atomic mass is 9.96. The van der Waals surface area contributed by atoms with Crippen molar-refractivity contribution < 1.29 is 19.1 Å². The number of esters is 1. The summed E-state index contributed by atoms with van der Waals surface area (Å²) in [7, 11) is 0. The third-order valence-corrected chi connectivity index (χ3v) is 5.34. The molecule has 0 bridgehead atoms. The summed E-state index contributed by atoms with van der Waals surface area (Å²) in [6.07, 6.45) is 6.45. The van der Waals surface area contributed by atoms with Gasteiger partial charge in [-0.25, -0.2) is 14.6 Å². The average molecular weight is 398 g/mol. The molecule has 1 N–H and O–H groups in total. The van der Waals surface area contributed by atoms with Crippen LogP contribution in [0.15, 0.2) is 5.38 Å². The summed E-state index contributed by atoms with van der Waals surface area (Å²) in [6.45, 7) is 6.31. The first-order valence-corrected chi connectivity index (χ1v) is 10.8. The van der Waals surface area contributed by atoms with Crippen LogP contribution < -0.4 is 5.32 Å². The second kappa shape index (κ2) is 11.9. The Morgan fingerprint density at radius 3 is 2.74 bits per heavy atom. The van der Waals surface area contributed by atoms with Crippen LogP contribution in [0.3, 0.4) is 0 Å². The van der Waals surface area contributed by atoms with E-state index in [4.69, 9.17) is 9.47 Å². The van der Waals surface area contributed by atoms with Gasteiger partial charge in [-0.3, -0.25) is 0 Å². The maximum atomic E-state index is 12.8. The molecule has 1 aliphatic carbocycles. The number of hydrogen-bond acceptors (Lipinski definition) is 6. The Hall–Kier alpha value is -1.67. The highest BCUT2D eigenvalue weighted by Crippen LogP contribution is 2.18. The molecular weight excluding hydrogens is 366 g/mol. The van der Waals surface area contributed by atoms with E-state index >= 15 is 0 Å². The number of aromatic nitrogens is 1. The van der Waals surface area contributed by atoms with Crippen LogP contribution in [0.2, 0.25) is 0 Å². The Morgan fingerprint density at radius 2 is 2.04 bits per heavy atom. The van der Waals surface area contributed by atoms with Crippen LogP contribution in [0.1, 0.15) is 67.9 Å². The Balaban J connectivity index is 1.95. The van der Waals surface area contributed by atoms with Gasteiger partial charge in [0.2, 0.25) is 0 Å². The topological polar surface area (TPSA) is 80.8 Å². The van der Waals surface area contributed by atoms with Gasteiger partial charge in [-0.2, -0.15) is 0 Å². The number of urea groups is 1. The maximum Gasteiger partial charge on any atom is 0.357 e. The fourth-order valence-electron chi connectivity index (χ4n) is 3.11. The number of nitrogens with zero attached hydrogens (tertiary/aromatic N) is 2. The lowest BCUT2D eigenvalue weighted by molar-refractivity contribution is 0.0520. The second-order valence-corrected chi connectivity index (χ2v) is 7.55. The number of hydrogen-bond donors (Lipinski definition) is 1. The largest absolute Gasteiger partial charge is 0.461 e. The highest BCUT2D eigenvalue weighted by Gasteiger charge is 2.21. The van der Waals surface area contributed by atoms with Crippen LogP contribution in [0.4, 0.5) is 4.79 Å². The molecule has 152 valence electrons. The predicted octanol–water partition coefficient (Wildman–Crippen LogP) is 3.59. The highest BCUT2D eigenvalue weighted by atomic mass is 32.1. The lowest BCUT2D eigenvalue weighted by Crippen LogP contribution is -2.45. The van der Waals surface area contributed by atoms with Gasteiger partial charge in [0.25, 0.3) is 0 Å².